The van der Waals surface area contributed by atoms with Gasteiger partial charge in [0.15, 0.2) is 9.84 Å². The lowest BCUT2D eigenvalue weighted by Gasteiger charge is -2.12. The lowest BCUT2D eigenvalue weighted by Crippen LogP contribution is -2.24. The van der Waals surface area contributed by atoms with Crippen LogP contribution in [0.25, 0.3) is 0 Å². The van der Waals surface area contributed by atoms with Gasteiger partial charge in [-0.2, -0.15) is 0 Å². The standard InChI is InChI=1S/C14H23NO3S/c15-14(16)12-19(17,18)11-7-2-1-4-8-13-9-5-3-6-10-13/h3,5-6,9,13H,1-2,4,7-8,10-12H2,(H2,15,16). The molecule has 1 aliphatic carbocycles. The van der Waals surface area contributed by atoms with E-state index in [-0.39, 0.29) is 5.75 Å². The number of rotatable bonds is 9. The predicted molar refractivity (Wildman–Crippen MR) is 77.3 cm³/mol. The van der Waals surface area contributed by atoms with Crippen LogP contribution in [0.4, 0.5) is 0 Å². The molecule has 0 heterocycles. The van der Waals surface area contributed by atoms with E-state index in [1.807, 2.05) is 0 Å². The second kappa shape index (κ2) is 8.15. The Morgan fingerprint density at radius 1 is 1.16 bits per heavy atom. The Labute approximate surface area is 115 Å². The molecule has 1 aliphatic rings. The van der Waals surface area contributed by atoms with Crippen molar-refractivity contribution in [1.29, 1.82) is 0 Å². The molecule has 1 atom stereocenters. The van der Waals surface area contributed by atoms with E-state index in [1.165, 1.54) is 0 Å². The van der Waals surface area contributed by atoms with E-state index < -0.39 is 21.5 Å². The highest BCUT2D eigenvalue weighted by atomic mass is 32.2. The minimum Gasteiger partial charge on any atom is -0.369 e. The fourth-order valence-corrected chi connectivity index (χ4v) is 3.44. The Bertz CT molecular complexity index is 438. The lowest BCUT2D eigenvalue weighted by atomic mass is 9.94. The van der Waals surface area contributed by atoms with E-state index in [0.29, 0.717) is 12.3 Å². The number of carbonyl (C=O) groups is 1. The highest BCUT2D eigenvalue weighted by molar-refractivity contribution is 7.92. The molecule has 0 fully saturated rings. The van der Waals surface area contributed by atoms with E-state index in [9.17, 15) is 13.2 Å². The van der Waals surface area contributed by atoms with Crippen molar-refractivity contribution < 1.29 is 13.2 Å². The van der Waals surface area contributed by atoms with E-state index in [1.54, 1.807) is 0 Å². The molecule has 0 saturated heterocycles. The summed E-state index contributed by atoms with van der Waals surface area (Å²) >= 11 is 0. The van der Waals surface area contributed by atoms with Crippen molar-refractivity contribution in [2.45, 2.75) is 38.5 Å². The van der Waals surface area contributed by atoms with Gasteiger partial charge in [-0.15, -0.1) is 0 Å². The molecule has 0 aliphatic heterocycles. The number of allylic oxidation sites excluding steroid dienone is 4. The van der Waals surface area contributed by atoms with Gasteiger partial charge in [-0.05, 0) is 25.2 Å². The van der Waals surface area contributed by atoms with Crippen LogP contribution >= 0.6 is 0 Å². The van der Waals surface area contributed by atoms with Crippen molar-refractivity contribution in [2.75, 3.05) is 11.5 Å². The van der Waals surface area contributed by atoms with Crippen LogP contribution in [0.15, 0.2) is 24.3 Å². The van der Waals surface area contributed by atoms with Crippen LogP contribution in [0.5, 0.6) is 0 Å². The average molecular weight is 285 g/mol. The topological polar surface area (TPSA) is 77.2 Å². The molecule has 0 aromatic carbocycles. The number of sulfone groups is 1. The molecule has 0 saturated carbocycles. The molecule has 19 heavy (non-hydrogen) atoms. The highest BCUT2D eigenvalue weighted by Crippen LogP contribution is 2.19. The number of hydrogen-bond donors (Lipinski definition) is 1. The molecule has 1 unspecified atom stereocenters. The molecule has 0 aromatic rings. The van der Waals surface area contributed by atoms with Gasteiger partial charge in [0.1, 0.15) is 5.75 Å². The summed E-state index contributed by atoms with van der Waals surface area (Å²) in [5.41, 5.74) is 4.88. The molecule has 1 rings (SSSR count). The maximum absolute atomic E-state index is 11.4. The van der Waals surface area contributed by atoms with Crippen LogP contribution in [0.1, 0.15) is 38.5 Å². The number of hydrogen-bond acceptors (Lipinski definition) is 3. The Balaban J connectivity index is 2.03. The van der Waals surface area contributed by atoms with Crippen molar-refractivity contribution >= 4 is 15.7 Å². The number of nitrogens with two attached hydrogens (primary N) is 1. The Morgan fingerprint density at radius 2 is 1.89 bits per heavy atom. The van der Waals surface area contributed by atoms with Gasteiger partial charge < -0.3 is 5.73 Å². The first-order valence-electron chi connectivity index (χ1n) is 6.82. The maximum atomic E-state index is 11.4. The Morgan fingerprint density at radius 3 is 2.53 bits per heavy atom. The predicted octanol–water partition coefficient (Wildman–Crippen LogP) is 1.97. The second-order valence-corrected chi connectivity index (χ2v) is 7.25. The van der Waals surface area contributed by atoms with E-state index in [4.69, 9.17) is 5.73 Å². The number of amides is 1. The van der Waals surface area contributed by atoms with Crippen molar-refractivity contribution in [3.63, 3.8) is 0 Å². The summed E-state index contributed by atoms with van der Waals surface area (Å²) in [6.07, 6.45) is 14.5. The normalized spacial score (nSPS) is 18.6. The monoisotopic (exact) mass is 285 g/mol. The molecular weight excluding hydrogens is 262 g/mol. The van der Waals surface area contributed by atoms with E-state index in [2.05, 4.69) is 24.3 Å². The fraction of sp³-hybridized carbons (Fsp3) is 0.643. The number of carbonyl (C=O) groups excluding carboxylic acids is 1. The van der Waals surface area contributed by atoms with Crippen LogP contribution in [-0.4, -0.2) is 25.8 Å². The fourth-order valence-electron chi connectivity index (χ4n) is 2.22. The lowest BCUT2D eigenvalue weighted by molar-refractivity contribution is -0.115. The maximum Gasteiger partial charge on any atom is 0.232 e. The molecular formula is C14H23NO3S. The van der Waals surface area contributed by atoms with E-state index in [0.717, 1.165) is 32.1 Å². The summed E-state index contributed by atoms with van der Waals surface area (Å²) in [5.74, 6) is -0.575. The summed E-state index contributed by atoms with van der Waals surface area (Å²) < 4.78 is 22.8. The first-order chi connectivity index (χ1) is 8.99. The van der Waals surface area contributed by atoms with Crippen LogP contribution in [0.3, 0.4) is 0 Å². The van der Waals surface area contributed by atoms with Gasteiger partial charge in [0.05, 0.1) is 5.75 Å². The molecule has 1 amide bonds. The minimum absolute atomic E-state index is 0.0714. The third kappa shape index (κ3) is 7.82. The zero-order chi connectivity index (χ0) is 14.1. The Kier molecular flexibility index (Phi) is 6.84. The van der Waals surface area contributed by atoms with Gasteiger partial charge in [0.2, 0.25) is 5.91 Å². The molecule has 0 aromatic heterocycles. The zero-order valence-electron chi connectivity index (χ0n) is 11.3. The van der Waals surface area contributed by atoms with Crippen molar-refractivity contribution in [3.05, 3.63) is 24.3 Å². The van der Waals surface area contributed by atoms with Crippen molar-refractivity contribution in [2.24, 2.45) is 11.7 Å². The molecule has 2 N–H and O–H groups in total. The van der Waals surface area contributed by atoms with Crippen LogP contribution in [0.2, 0.25) is 0 Å². The smallest absolute Gasteiger partial charge is 0.232 e. The third-order valence-electron chi connectivity index (χ3n) is 3.21. The first kappa shape index (κ1) is 16.0. The van der Waals surface area contributed by atoms with Gasteiger partial charge in [-0.3, -0.25) is 4.79 Å². The number of primary amides is 1. The van der Waals surface area contributed by atoms with Crippen LogP contribution in [-0.2, 0) is 14.6 Å². The number of unbranched alkanes of at least 4 members (excludes halogenated alkanes) is 3. The van der Waals surface area contributed by atoms with Crippen LogP contribution in [0, 0.1) is 5.92 Å². The molecule has 4 nitrogen and oxygen atoms in total. The van der Waals surface area contributed by atoms with Gasteiger partial charge in [0.25, 0.3) is 0 Å². The molecule has 0 bridgehead atoms. The molecule has 108 valence electrons. The van der Waals surface area contributed by atoms with Gasteiger partial charge in [-0.25, -0.2) is 8.42 Å². The second-order valence-electron chi connectivity index (χ2n) is 5.07. The average Bonchev–Trinajstić information content (AvgIpc) is 2.33. The molecule has 0 radical (unpaired) electrons. The van der Waals surface area contributed by atoms with E-state index >= 15 is 0 Å². The molecule has 5 heteroatoms. The first-order valence-corrected chi connectivity index (χ1v) is 8.64. The van der Waals surface area contributed by atoms with Crippen molar-refractivity contribution in [1.82, 2.24) is 0 Å². The van der Waals surface area contributed by atoms with Gasteiger partial charge >= 0.3 is 0 Å². The molecule has 0 spiro atoms. The largest absolute Gasteiger partial charge is 0.369 e. The quantitative estimate of drug-likeness (QED) is 0.658. The minimum atomic E-state index is -3.28. The third-order valence-corrected chi connectivity index (χ3v) is 4.85. The van der Waals surface area contributed by atoms with Crippen molar-refractivity contribution in [3.8, 4) is 0 Å². The summed E-state index contributed by atoms with van der Waals surface area (Å²) in [6.45, 7) is 0. The Hall–Kier alpha value is -1.10. The van der Waals surface area contributed by atoms with Gasteiger partial charge in [-0.1, -0.05) is 43.6 Å². The van der Waals surface area contributed by atoms with Gasteiger partial charge in [0, 0.05) is 0 Å². The zero-order valence-corrected chi connectivity index (χ0v) is 12.1. The summed E-state index contributed by atoms with van der Waals surface area (Å²) in [7, 11) is -3.28. The summed E-state index contributed by atoms with van der Waals surface area (Å²) in [4.78, 5) is 10.6. The summed E-state index contributed by atoms with van der Waals surface area (Å²) in [5, 5.41) is 0. The van der Waals surface area contributed by atoms with Crippen LogP contribution < -0.4 is 5.73 Å². The summed E-state index contributed by atoms with van der Waals surface area (Å²) in [6, 6.07) is 0. The highest BCUT2D eigenvalue weighted by Gasteiger charge is 2.13. The SMILES string of the molecule is NC(=O)CS(=O)(=O)CCCCCCC1C=CC=CC1.